The number of aromatic nitrogens is 2. The van der Waals surface area contributed by atoms with Crippen molar-refractivity contribution in [2.75, 3.05) is 40.0 Å². The van der Waals surface area contributed by atoms with E-state index >= 15 is 0 Å². The van der Waals surface area contributed by atoms with Crippen molar-refractivity contribution < 1.29 is 23.7 Å². The van der Waals surface area contributed by atoms with E-state index in [9.17, 15) is 9.59 Å². The Morgan fingerprint density at radius 3 is 2.53 bits per heavy atom. The normalized spacial score (nSPS) is 15.6. The van der Waals surface area contributed by atoms with E-state index in [4.69, 9.17) is 18.9 Å². The third-order valence-corrected chi connectivity index (χ3v) is 9.01. The number of rotatable bonds is 8. The predicted octanol–water partition coefficient (Wildman–Crippen LogP) is 5.81. The molecule has 1 amide bonds. The molecule has 2 aromatic carbocycles. The zero-order valence-corrected chi connectivity index (χ0v) is 27.1. The summed E-state index contributed by atoms with van der Waals surface area (Å²) in [7, 11) is 1.63. The molecule has 1 fully saturated rings. The summed E-state index contributed by atoms with van der Waals surface area (Å²) in [6.07, 6.45) is 3.04. The minimum absolute atomic E-state index is 0.0229. The molecule has 2 aliphatic rings. The quantitative estimate of drug-likeness (QED) is 0.240. The van der Waals surface area contributed by atoms with Gasteiger partial charge < -0.3 is 33.3 Å². The molecular weight excluding hydrogens is 592 g/mol. The fourth-order valence-electron chi connectivity index (χ4n) is 5.99. The van der Waals surface area contributed by atoms with Crippen LogP contribution in [0.2, 0.25) is 0 Å². The molecule has 0 atom stereocenters. The molecule has 4 heterocycles. The lowest BCUT2D eigenvalue weighted by atomic mass is 10.0. The Labute approximate surface area is 267 Å². The summed E-state index contributed by atoms with van der Waals surface area (Å²) >= 11 is 1.52. The van der Waals surface area contributed by atoms with Crippen LogP contribution in [0.3, 0.4) is 0 Å². The summed E-state index contributed by atoms with van der Waals surface area (Å²) < 4.78 is 24.6. The van der Waals surface area contributed by atoms with Gasteiger partial charge in [-0.2, -0.15) is 0 Å². The highest BCUT2D eigenvalue weighted by Crippen LogP contribution is 2.33. The van der Waals surface area contributed by atoms with Crippen molar-refractivity contribution in [3.8, 4) is 27.8 Å². The number of benzene rings is 2. The van der Waals surface area contributed by atoms with E-state index in [-0.39, 0.29) is 17.7 Å². The summed E-state index contributed by atoms with van der Waals surface area (Å²) in [4.78, 5) is 35.5. The molecule has 4 aromatic rings. The molecule has 6 rings (SSSR count). The number of carbonyl (C=O) groups excluding carboxylic acids is 1. The summed E-state index contributed by atoms with van der Waals surface area (Å²) in [6.45, 7) is 9.99. The monoisotopic (exact) mass is 632 g/mol. The predicted molar refractivity (Wildman–Crippen MR) is 175 cm³/mol. The second-order valence-corrected chi connectivity index (χ2v) is 13.3. The van der Waals surface area contributed by atoms with Crippen molar-refractivity contribution in [1.82, 2.24) is 19.4 Å². The van der Waals surface area contributed by atoms with Gasteiger partial charge in [0.1, 0.15) is 29.6 Å². The first kappa shape index (κ1) is 30.9. The maximum absolute atomic E-state index is 13.5. The number of likely N-dealkylation sites (tertiary alicyclic amines) is 1. The van der Waals surface area contributed by atoms with E-state index in [0.717, 1.165) is 58.7 Å². The maximum atomic E-state index is 13.5. The Morgan fingerprint density at radius 1 is 1.04 bits per heavy atom. The van der Waals surface area contributed by atoms with Gasteiger partial charge >= 0.3 is 6.09 Å². The average molecular weight is 633 g/mol. The van der Waals surface area contributed by atoms with Crippen LogP contribution in [0.5, 0.6) is 17.2 Å². The number of carbonyl (C=O) groups is 1. The second-order valence-electron chi connectivity index (χ2n) is 12.4. The largest absolute Gasteiger partial charge is 0.497 e. The molecule has 1 saturated heterocycles. The van der Waals surface area contributed by atoms with E-state index < -0.39 is 5.60 Å². The third kappa shape index (κ3) is 7.10. The highest BCUT2D eigenvalue weighted by molar-refractivity contribution is 7.13. The standard InChI is InChI=1S/C34H40N4O6S/c1-34(2,3)44-33(40)38(22-23-5-8-29-30(19-23)43-17-16-42-29)24-9-12-36(13-10-24)14-15-37-28-20-25(41-4)6-7-26(28)27(21-31(37)39)32-35-11-18-45-32/h5-8,11,18-21,24H,9-10,12-17,22H2,1-4H3. The van der Waals surface area contributed by atoms with E-state index in [2.05, 4.69) is 9.88 Å². The molecule has 0 bridgehead atoms. The number of fused-ring (bicyclic) bond motifs is 2. The van der Waals surface area contributed by atoms with Crippen LogP contribution in [0.1, 0.15) is 39.2 Å². The van der Waals surface area contributed by atoms with Crippen LogP contribution in [0.25, 0.3) is 21.5 Å². The first-order valence-electron chi connectivity index (χ1n) is 15.4. The van der Waals surface area contributed by atoms with Gasteiger partial charge in [-0.1, -0.05) is 6.07 Å². The number of methoxy groups -OCH3 is 1. The molecule has 2 aliphatic heterocycles. The highest BCUT2D eigenvalue weighted by atomic mass is 32.1. The first-order chi connectivity index (χ1) is 21.7. The molecule has 11 heteroatoms. The number of amides is 1. The SMILES string of the molecule is COc1ccc2c(-c3nccs3)cc(=O)n(CCN3CCC(N(Cc4ccc5c(c4)OCCO5)C(=O)OC(C)(C)C)CC3)c2c1. The molecule has 238 valence electrons. The summed E-state index contributed by atoms with van der Waals surface area (Å²) in [5.74, 6) is 2.14. The topological polar surface area (TPSA) is 95.4 Å². The molecule has 0 spiro atoms. The van der Waals surface area contributed by atoms with Gasteiger partial charge in [-0.25, -0.2) is 9.78 Å². The van der Waals surface area contributed by atoms with Crippen LogP contribution in [0, 0.1) is 0 Å². The Bertz CT molecular complexity index is 1710. The zero-order valence-electron chi connectivity index (χ0n) is 26.3. The molecule has 0 N–H and O–H groups in total. The average Bonchev–Trinajstić information content (AvgIpc) is 3.57. The van der Waals surface area contributed by atoms with Crippen molar-refractivity contribution >= 4 is 28.3 Å². The van der Waals surface area contributed by atoms with Crippen molar-refractivity contribution in [2.24, 2.45) is 0 Å². The van der Waals surface area contributed by atoms with Crippen molar-refractivity contribution in [3.05, 3.63) is 70.0 Å². The van der Waals surface area contributed by atoms with Gasteiger partial charge in [-0.05, 0) is 63.4 Å². The van der Waals surface area contributed by atoms with Crippen LogP contribution in [-0.4, -0.2) is 77.0 Å². The van der Waals surface area contributed by atoms with Gasteiger partial charge in [0.25, 0.3) is 5.56 Å². The molecule has 0 radical (unpaired) electrons. The fourth-order valence-corrected chi connectivity index (χ4v) is 6.66. The van der Waals surface area contributed by atoms with Crippen LogP contribution in [-0.2, 0) is 17.8 Å². The first-order valence-corrected chi connectivity index (χ1v) is 16.3. The lowest BCUT2D eigenvalue weighted by molar-refractivity contribution is 0.00562. The van der Waals surface area contributed by atoms with Crippen molar-refractivity contribution in [3.63, 3.8) is 0 Å². The Kier molecular flexibility index (Phi) is 9.00. The molecule has 10 nitrogen and oxygen atoms in total. The van der Waals surface area contributed by atoms with Crippen LogP contribution in [0.15, 0.2) is 58.8 Å². The smallest absolute Gasteiger partial charge is 0.410 e. The van der Waals surface area contributed by atoms with Crippen LogP contribution in [0.4, 0.5) is 4.79 Å². The van der Waals surface area contributed by atoms with Gasteiger partial charge in [0.2, 0.25) is 0 Å². The second kappa shape index (κ2) is 13.1. The van der Waals surface area contributed by atoms with Gasteiger partial charge in [0.15, 0.2) is 11.5 Å². The molecular formula is C34H40N4O6S. The van der Waals surface area contributed by atoms with E-state index in [1.54, 1.807) is 19.4 Å². The van der Waals surface area contributed by atoms with Crippen molar-refractivity contribution in [2.45, 2.75) is 58.3 Å². The number of piperidine rings is 1. The third-order valence-electron chi connectivity index (χ3n) is 8.21. The van der Waals surface area contributed by atoms with Crippen LogP contribution >= 0.6 is 11.3 Å². The Hall–Kier alpha value is -4.09. The molecule has 0 saturated carbocycles. The Morgan fingerprint density at radius 2 is 1.82 bits per heavy atom. The maximum Gasteiger partial charge on any atom is 0.410 e. The molecule has 0 aliphatic carbocycles. The minimum Gasteiger partial charge on any atom is -0.497 e. The summed E-state index contributed by atoms with van der Waals surface area (Å²) in [5, 5.41) is 3.71. The van der Waals surface area contributed by atoms with E-state index in [0.29, 0.717) is 44.3 Å². The van der Waals surface area contributed by atoms with Gasteiger partial charge in [-0.3, -0.25) is 4.79 Å². The number of hydrogen-bond acceptors (Lipinski definition) is 9. The lowest BCUT2D eigenvalue weighted by Crippen LogP contribution is -2.49. The minimum atomic E-state index is -0.601. The van der Waals surface area contributed by atoms with E-state index in [1.165, 1.54) is 11.3 Å². The molecule has 2 aromatic heterocycles. The van der Waals surface area contributed by atoms with Crippen molar-refractivity contribution in [1.29, 1.82) is 0 Å². The number of nitrogens with zero attached hydrogens (tertiary/aromatic N) is 4. The lowest BCUT2D eigenvalue weighted by Gasteiger charge is -2.39. The van der Waals surface area contributed by atoms with Crippen LogP contribution < -0.4 is 19.8 Å². The highest BCUT2D eigenvalue weighted by Gasteiger charge is 2.31. The number of hydrogen-bond donors (Lipinski definition) is 0. The van der Waals surface area contributed by atoms with E-state index in [1.807, 2.05) is 72.0 Å². The number of thiazole rings is 1. The summed E-state index contributed by atoms with van der Waals surface area (Å²) in [6, 6.07) is 13.4. The fraction of sp³-hybridized carbons (Fsp3) is 0.441. The Balaban J connectivity index is 1.16. The van der Waals surface area contributed by atoms with Gasteiger partial charge in [-0.15, -0.1) is 11.3 Å². The molecule has 45 heavy (non-hydrogen) atoms. The van der Waals surface area contributed by atoms with Gasteiger partial charge in [0.05, 0.1) is 12.6 Å². The number of pyridine rings is 1. The zero-order chi connectivity index (χ0) is 31.6. The van der Waals surface area contributed by atoms with Gasteiger partial charge in [0, 0.05) is 73.4 Å². The summed E-state index contributed by atoms with van der Waals surface area (Å²) in [5.41, 5.74) is 1.97. The molecule has 0 unspecified atom stereocenters. The number of ether oxygens (including phenoxy) is 4.